The van der Waals surface area contributed by atoms with Crippen LogP contribution in [0.25, 0.3) is 0 Å². The summed E-state index contributed by atoms with van der Waals surface area (Å²) < 4.78 is 7.19. The molecular weight excluding hydrogens is 483 g/mol. The van der Waals surface area contributed by atoms with E-state index in [-0.39, 0.29) is 30.1 Å². The van der Waals surface area contributed by atoms with E-state index in [9.17, 15) is 4.79 Å². The molecule has 0 aliphatic carbocycles. The molecule has 3 N–H and O–H groups in total. The van der Waals surface area contributed by atoms with Crippen molar-refractivity contribution in [2.24, 2.45) is 12.0 Å². The summed E-state index contributed by atoms with van der Waals surface area (Å²) in [6.45, 7) is 14.5. The molecule has 0 spiro atoms. The van der Waals surface area contributed by atoms with Gasteiger partial charge in [0, 0.05) is 37.9 Å². The summed E-state index contributed by atoms with van der Waals surface area (Å²) in [5, 5.41) is 13.9. The van der Waals surface area contributed by atoms with Gasteiger partial charge in [0.15, 0.2) is 5.96 Å². The number of halogens is 1. The first-order chi connectivity index (χ1) is 13.2. The second-order valence-electron chi connectivity index (χ2n) is 7.61. The van der Waals surface area contributed by atoms with E-state index in [4.69, 9.17) is 9.73 Å². The van der Waals surface area contributed by atoms with E-state index < -0.39 is 5.60 Å². The number of hydrogen-bond donors (Lipinski definition) is 3. The molecule has 0 saturated carbocycles. The molecule has 1 rings (SSSR count). The Morgan fingerprint density at radius 1 is 1.10 bits per heavy atom. The molecule has 8 nitrogen and oxygen atoms in total. The van der Waals surface area contributed by atoms with Crippen molar-refractivity contribution < 1.29 is 9.53 Å². The fourth-order valence-electron chi connectivity index (χ4n) is 2.87. The van der Waals surface area contributed by atoms with Crippen LogP contribution in [-0.2, 0) is 31.2 Å². The number of rotatable bonds is 9. The Bertz CT molecular complexity index is 652. The van der Waals surface area contributed by atoms with E-state index in [2.05, 4.69) is 34.9 Å². The van der Waals surface area contributed by atoms with Gasteiger partial charge >= 0.3 is 6.09 Å². The highest BCUT2D eigenvalue weighted by atomic mass is 127. The third-order valence-electron chi connectivity index (χ3n) is 4.08. The Kier molecular flexibility index (Phi) is 12.9. The zero-order valence-electron chi connectivity index (χ0n) is 19.0. The lowest BCUT2D eigenvalue weighted by Gasteiger charge is -2.19. The fraction of sp³-hybridized carbons (Fsp3) is 0.750. The monoisotopic (exact) mass is 522 g/mol. The predicted molar refractivity (Wildman–Crippen MR) is 129 cm³/mol. The van der Waals surface area contributed by atoms with Crippen molar-refractivity contribution in [2.45, 2.75) is 73.0 Å². The number of carbonyl (C=O) groups is 1. The number of ether oxygens (including phenoxy) is 1. The van der Waals surface area contributed by atoms with Gasteiger partial charge in [-0.2, -0.15) is 5.10 Å². The Morgan fingerprint density at radius 3 is 2.31 bits per heavy atom. The molecule has 0 unspecified atom stereocenters. The Morgan fingerprint density at radius 2 is 1.76 bits per heavy atom. The van der Waals surface area contributed by atoms with Crippen LogP contribution in [0.1, 0.15) is 64.9 Å². The average molecular weight is 522 g/mol. The van der Waals surface area contributed by atoms with Gasteiger partial charge < -0.3 is 20.7 Å². The van der Waals surface area contributed by atoms with Gasteiger partial charge in [-0.05, 0) is 47.0 Å². The quantitative estimate of drug-likeness (QED) is 0.201. The molecule has 1 heterocycles. The van der Waals surface area contributed by atoms with Gasteiger partial charge in [-0.25, -0.2) is 9.79 Å². The number of guanidine groups is 1. The standard InChI is InChI=1S/C20H38N6O2.HI/c1-8-16-15(17(9-2)26(7)25-16)14-24-18(21-10-3)22-12-11-13-23-19(27)28-20(4,5)6;/h8-14H2,1-7H3,(H,23,27)(H2,21,22,24);1H. The number of nitrogens with zero attached hydrogens (tertiary/aromatic N) is 3. The van der Waals surface area contributed by atoms with Crippen molar-refractivity contribution in [2.75, 3.05) is 19.6 Å². The number of nitrogens with one attached hydrogen (secondary N) is 3. The van der Waals surface area contributed by atoms with Crippen LogP contribution in [0.15, 0.2) is 4.99 Å². The molecule has 0 atom stereocenters. The lowest BCUT2D eigenvalue weighted by atomic mass is 10.1. The molecule has 9 heteroatoms. The van der Waals surface area contributed by atoms with Crippen LogP contribution in [0, 0.1) is 0 Å². The molecule has 168 valence electrons. The van der Waals surface area contributed by atoms with Crippen molar-refractivity contribution in [3.63, 3.8) is 0 Å². The number of aliphatic imine (C=N–C) groups is 1. The second kappa shape index (κ2) is 13.7. The van der Waals surface area contributed by atoms with Crippen LogP contribution < -0.4 is 16.0 Å². The Labute approximate surface area is 192 Å². The van der Waals surface area contributed by atoms with Gasteiger partial charge in [0.25, 0.3) is 0 Å². The van der Waals surface area contributed by atoms with Crippen molar-refractivity contribution >= 4 is 36.0 Å². The summed E-state index contributed by atoms with van der Waals surface area (Å²) >= 11 is 0. The van der Waals surface area contributed by atoms with Crippen LogP contribution in [-0.4, -0.2) is 47.1 Å². The molecule has 1 aromatic heterocycles. The topological polar surface area (TPSA) is 92.6 Å². The van der Waals surface area contributed by atoms with E-state index in [1.54, 1.807) is 0 Å². The molecule has 0 aliphatic rings. The van der Waals surface area contributed by atoms with Crippen molar-refractivity contribution in [3.8, 4) is 0 Å². The van der Waals surface area contributed by atoms with Crippen LogP contribution >= 0.6 is 24.0 Å². The van der Waals surface area contributed by atoms with Crippen molar-refractivity contribution in [1.29, 1.82) is 0 Å². The van der Waals surface area contributed by atoms with Gasteiger partial charge in [0.05, 0.1) is 12.2 Å². The number of hydrogen-bond acceptors (Lipinski definition) is 4. The van der Waals surface area contributed by atoms with E-state index in [0.29, 0.717) is 19.6 Å². The first-order valence-corrected chi connectivity index (χ1v) is 10.2. The zero-order valence-corrected chi connectivity index (χ0v) is 21.3. The summed E-state index contributed by atoms with van der Waals surface area (Å²) in [6, 6.07) is 0. The maximum atomic E-state index is 11.6. The Hall–Kier alpha value is -1.52. The Balaban J connectivity index is 0.00000784. The third kappa shape index (κ3) is 10.2. The van der Waals surface area contributed by atoms with Gasteiger partial charge in [-0.1, -0.05) is 13.8 Å². The number of carbonyl (C=O) groups excluding carboxylic acids is 1. The summed E-state index contributed by atoms with van der Waals surface area (Å²) in [5.74, 6) is 0.771. The van der Waals surface area contributed by atoms with Gasteiger partial charge in [0.2, 0.25) is 0 Å². The smallest absolute Gasteiger partial charge is 0.407 e. The molecule has 29 heavy (non-hydrogen) atoms. The van der Waals surface area contributed by atoms with Crippen LogP contribution in [0.5, 0.6) is 0 Å². The lowest BCUT2D eigenvalue weighted by molar-refractivity contribution is 0.0527. The number of alkyl carbamates (subject to hydrolysis) is 1. The molecule has 0 saturated heterocycles. The number of amides is 1. The maximum absolute atomic E-state index is 11.6. The average Bonchev–Trinajstić information content (AvgIpc) is 2.92. The summed E-state index contributed by atoms with van der Waals surface area (Å²) in [5.41, 5.74) is 3.09. The SMILES string of the molecule is CCNC(=NCc1c(CC)nn(C)c1CC)NCCCNC(=O)OC(C)(C)C.I. The lowest BCUT2D eigenvalue weighted by Crippen LogP contribution is -2.39. The summed E-state index contributed by atoms with van der Waals surface area (Å²) in [6.07, 6.45) is 2.23. The van der Waals surface area contributed by atoms with E-state index in [0.717, 1.165) is 37.5 Å². The minimum Gasteiger partial charge on any atom is -0.444 e. The van der Waals surface area contributed by atoms with Gasteiger partial charge in [0.1, 0.15) is 5.60 Å². The molecular formula is C20H39IN6O2. The molecule has 1 aromatic rings. The normalized spacial score (nSPS) is 11.6. The first-order valence-electron chi connectivity index (χ1n) is 10.2. The fourth-order valence-corrected chi connectivity index (χ4v) is 2.87. The zero-order chi connectivity index (χ0) is 21.2. The van der Waals surface area contributed by atoms with Crippen molar-refractivity contribution in [3.05, 3.63) is 17.0 Å². The number of aromatic nitrogens is 2. The maximum Gasteiger partial charge on any atom is 0.407 e. The van der Waals surface area contributed by atoms with Gasteiger partial charge in [-0.15, -0.1) is 24.0 Å². The van der Waals surface area contributed by atoms with E-state index in [1.165, 1.54) is 11.3 Å². The highest BCUT2D eigenvalue weighted by Crippen LogP contribution is 2.16. The molecule has 1 amide bonds. The second-order valence-corrected chi connectivity index (χ2v) is 7.61. The summed E-state index contributed by atoms with van der Waals surface area (Å²) in [7, 11) is 1.99. The molecule has 0 bridgehead atoms. The van der Waals surface area contributed by atoms with E-state index in [1.807, 2.05) is 39.4 Å². The van der Waals surface area contributed by atoms with Crippen LogP contribution in [0.3, 0.4) is 0 Å². The van der Waals surface area contributed by atoms with Gasteiger partial charge in [-0.3, -0.25) is 4.68 Å². The summed E-state index contributed by atoms with van der Waals surface area (Å²) in [4.78, 5) is 16.4. The third-order valence-corrected chi connectivity index (χ3v) is 4.08. The van der Waals surface area contributed by atoms with Crippen molar-refractivity contribution in [1.82, 2.24) is 25.7 Å². The highest BCUT2D eigenvalue weighted by Gasteiger charge is 2.15. The first kappa shape index (κ1) is 27.5. The minimum absolute atomic E-state index is 0. The highest BCUT2D eigenvalue weighted by molar-refractivity contribution is 14.0. The molecule has 0 radical (unpaired) electrons. The largest absolute Gasteiger partial charge is 0.444 e. The van der Waals surface area contributed by atoms with E-state index >= 15 is 0 Å². The number of aryl methyl sites for hydroxylation is 2. The molecule has 0 fully saturated rings. The minimum atomic E-state index is -0.478. The molecule has 0 aliphatic heterocycles. The van der Waals surface area contributed by atoms with Crippen LogP contribution in [0.2, 0.25) is 0 Å². The predicted octanol–water partition coefficient (Wildman–Crippen LogP) is 3.13. The molecule has 0 aromatic carbocycles. The van der Waals surface area contributed by atoms with Crippen LogP contribution in [0.4, 0.5) is 4.79 Å².